The molecule has 2 amide bonds. The molecule has 2 rings (SSSR count). The van der Waals surface area contributed by atoms with E-state index in [2.05, 4.69) is 10.6 Å². The molecule has 6 atom stereocenters. The van der Waals surface area contributed by atoms with E-state index in [-0.39, 0.29) is 47.3 Å². The molecule has 12 nitrogen and oxygen atoms in total. The van der Waals surface area contributed by atoms with Gasteiger partial charge in [0.25, 0.3) is 5.91 Å². The zero-order valence-corrected chi connectivity index (χ0v) is 28.2. The van der Waals surface area contributed by atoms with E-state index >= 15 is 0 Å². The van der Waals surface area contributed by atoms with Gasteiger partial charge < -0.3 is 40.6 Å². The molecule has 45 heavy (non-hydrogen) atoms. The molecule has 252 valence electrons. The predicted octanol–water partition coefficient (Wildman–Crippen LogP) is 2.34. The van der Waals surface area contributed by atoms with Crippen molar-refractivity contribution in [3.63, 3.8) is 0 Å². The number of ketones is 2. The number of Topliss-reactive ketones (excluding diaryl/α,β-unsaturated/α-hetero) is 1. The van der Waals surface area contributed by atoms with Crippen molar-refractivity contribution in [1.82, 2.24) is 15.5 Å². The Balaban J connectivity index is 0.0000101. The monoisotopic (exact) mass is 652 g/mol. The number of aliphatic hydroxyl groups is 1. The Morgan fingerprint density at radius 3 is 2.40 bits per heavy atom. The van der Waals surface area contributed by atoms with E-state index in [1.807, 2.05) is 32.8 Å². The minimum absolute atomic E-state index is 0. The van der Waals surface area contributed by atoms with E-state index < -0.39 is 53.9 Å². The van der Waals surface area contributed by atoms with Crippen molar-refractivity contribution in [2.24, 2.45) is 17.6 Å². The van der Waals surface area contributed by atoms with Gasteiger partial charge in [-0.25, -0.2) is 4.79 Å². The smallest absolute Gasteiger partial charge is 0.405 e. The number of aliphatic hydroxyl groups excluding tert-OH is 1. The van der Waals surface area contributed by atoms with Crippen LogP contribution in [0.3, 0.4) is 0 Å². The molecule has 0 spiro atoms. The van der Waals surface area contributed by atoms with Crippen molar-refractivity contribution in [3.05, 3.63) is 58.5 Å². The zero-order chi connectivity index (χ0) is 33.1. The first-order valence-electron chi connectivity index (χ1n) is 14.7. The summed E-state index contributed by atoms with van der Waals surface area (Å²) in [6, 6.07) is 0. The second kappa shape index (κ2) is 18.6. The fourth-order valence-corrected chi connectivity index (χ4v) is 5.18. The summed E-state index contributed by atoms with van der Waals surface area (Å²) in [7, 11) is 6.74. The largest absolute Gasteiger partial charge is 0.439 e. The molecule has 2 aliphatic rings. The summed E-state index contributed by atoms with van der Waals surface area (Å²) >= 11 is 0. The van der Waals surface area contributed by atoms with E-state index in [1.165, 1.54) is 20.3 Å². The Kier molecular flexibility index (Phi) is 16.4. The van der Waals surface area contributed by atoms with Gasteiger partial charge in [-0.15, -0.1) is 12.4 Å². The standard InChI is InChI=1S/C32H48N4O8.ClH/c1-18-14-22-27(34-12-13-36(5)6)24(37)17-23(29(22)39)35-31(40)19(2)10-9-11-25(42-7)30(44-32(33)41)21(4)16-20(3)28(38)26(15-18)43-8;/h9-11,16-18,20,25-26,28,30,34,38H,12-15H2,1-8H3,(H2,33,41)(H,35,40);1H/b11-9?,19-10-,21-16+;/t18-,20+,25+,26+,28-,30+;/m1./s1. The molecule has 0 aromatic carbocycles. The molecule has 0 unspecified atom stereocenters. The van der Waals surface area contributed by atoms with Crippen molar-refractivity contribution in [1.29, 1.82) is 0 Å². The normalized spacial score (nSPS) is 29.6. The number of halogens is 1. The molecule has 0 aromatic rings. The molecule has 0 fully saturated rings. The number of hydrogen-bond acceptors (Lipinski definition) is 10. The van der Waals surface area contributed by atoms with Gasteiger partial charge in [0.2, 0.25) is 11.6 Å². The Morgan fingerprint density at radius 2 is 1.82 bits per heavy atom. The zero-order valence-electron chi connectivity index (χ0n) is 27.4. The van der Waals surface area contributed by atoms with Gasteiger partial charge >= 0.3 is 6.09 Å². The van der Waals surface area contributed by atoms with Crippen molar-refractivity contribution in [2.45, 2.75) is 65.0 Å². The Hall–Kier alpha value is -3.29. The van der Waals surface area contributed by atoms with Crippen LogP contribution in [-0.4, -0.2) is 99.4 Å². The van der Waals surface area contributed by atoms with Crippen LogP contribution in [0.2, 0.25) is 0 Å². The lowest BCUT2D eigenvalue weighted by Crippen LogP contribution is -2.38. The number of fused-ring (bicyclic) bond motifs is 2. The third kappa shape index (κ3) is 11.5. The van der Waals surface area contributed by atoms with Crippen molar-refractivity contribution < 1.29 is 38.5 Å². The lowest BCUT2D eigenvalue weighted by atomic mass is 9.85. The van der Waals surface area contributed by atoms with E-state index in [4.69, 9.17) is 19.9 Å². The highest BCUT2D eigenvalue weighted by atomic mass is 35.5. The maximum absolute atomic E-state index is 13.7. The number of ether oxygens (including phenoxy) is 3. The number of allylic oxidation sites excluding steroid dienone is 4. The molecule has 1 aliphatic carbocycles. The Morgan fingerprint density at radius 1 is 1.16 bits per heavy atom. The number of nitrogens with zero attached hydrogens (tertiary/aromatic N) is 1. The number of nitrogens with two attached hydrogens (primary N) is 1. The van der Waals surface area contributed by atoms with E-state index in [1.54, 1.807) is 32.1 Å². The summed E-state index contributed by atoms with van der Waals surface area (Å²) in [5, 5.41) is 17.0. The van der Waals surface area contributed by atoms with Crippen LogP contribution in [0.25, 0.3) is 0 Å². The third-order valence-corrected chi connectivity index (χ3v) is 7.65. The number of methoxy groups -OCH3 is 2. The minimum atomic E-state index is -0.997. The molecule has 0 saturated heterocycles. The number of carbonyl (C=O) groups excluding carboxylic acids is 4. The summed E-state index contributed by atoms with van der Waals surface area (Å²) in [6.45, 7) is 8.09. The van der Waals surface area contributed by atoms with E-state index in [0.29, 0.717) is 25.1 Å². The molecule has 1 aliphatic heterocycles. The molecule has 0 saturated carbocycles. The number of amides is 2. The first kappa shape index (κ1) is 39.7. The van der Waals surface area contributed by atoms with Crippen LogP contribution >= 0.6 is 12.4 Å². The number of rotatable bonds is 7. The van der Waals surface area contributed by atoms with Gasteiger partial charge in [0.15, 0.2) is 6.10 Å². The number of likely N-dealkylation sites (N-methyl/N-ethyl adjacent to an activating group) is 1. The van der Waals surface area contributed by atoms with Crippen LogP contribution in [-0.2, 0) is 28.6 Å². The maximum Gasteiger partial charge on any atom is 0.405 e. The van der Waals surface area contributed by atoms with Gasteiger partial charge in [-0.2, -0.15) is 0 Å². The van der Waals surface area contributed by atoms with Crippen LogP contribution in [0, 0.1) is 11.8 Å². The Bertz CT molecular complexity index is 1240. The van der Waals surface area contributed by atoms with Crippen LogP contribution < -0.4 is 16.4 Å². The highest BCUT2D eigenvalue weighted by molar-refractivity contribution is 6.23. The average molecular weight is 653 g/mol. The van der Waals surface area contributed by atoms with Crippen molar-refractivity contribution in [2.75, 3.05) is 41.4 Å². The number of hydrogen-bond donors (Lipinski definition) is 4. The van der Waals surface area contributed by atoms with Gasteiger partial charge in [0.1, 0.15) is 6.10 Å². The van der Waals surface area contributed by atoms with Crippen LogP contribution in [0.1, 0.15) is 40.5 Å². The van der Waals surface area contributed by atoms with Gasteiger partial charge in [-0.05, 0) is 52.3 Å². The number of nitrogens with one attached hydrogen (secondary N) is 2. The number of carbonyl (C=O) groups is 4. The molecular weight excluding hydrogens is 604 g/mol. The maximum atomic E-state index is 13.7. The topological polar surface area (TPSA) is 170 Å². The van der Waals surface area contributed by atoms with Crippen molar-refractivity contribution in [3.8, 4) is 0 Å². The average Bonchev–Trinajstić information content (AvgIpc) is 2.95. The van der Waals surface area contributed by atoms with Gasteiger partial charge in [0.05, 0.1) is 23.6 Å². The molecule has 2 bridgehead atoms. The van der Waals surface area contributed by atoms with E-state index in [0.717, 1.165) is 6.08 Å². The molecule has 0 radical (unpaired) electrons. The van der Waals surface area contributed by atoms with Crippen LogP contribution in [0.15, 0.2) is 58.5 Å². The van der Waals surface area contributed by atoms with E-state index in [9.17, 15) is 24.3 Å². The lowest BCUT2D eigenvalue weighted by Gasteiger charge is -2.30. The summed E-state index contributed by atoms with van der Waals surface area (Å²) < 4.78 is 16.6. The molecule has 1 heterocycles. The predicted molar refractivity (Wildman–Crippen MR) is 173 cm³/mol. The molecule has 0 aromatic heterocycles. The summed E-state index contributed by atoms with van der Waals surface area (Å²) in [4.78, 5) is 53.7. The van der Waals surface area contributed by atoms with Crippen molar-refractivity contribution >= 4 is 36.0 Å². The highest BCUT2D eigenvalue weighted by Crippen LogP contribution is 2.28. The van der Waals surface area contributed by atoms with Crippen LogP contribution in [0.4, 0.5) is 4.79 Å². The minimum Gasteiger partial charge on any atom is -0.439 e. The van der Waals surface area contributed by atoms with Gasteiger partial charge in [-0.3, -0.25) is 14.4 Å². The first-order valence-corrected chi connectivity index (χ1v) is 14.7. The molecular formula is C32H49ClN4O8. The summed E-state index contributed by atoms with van der Waals surface area (Å²) in [6.07, 6.45) is 3.88. The Labute approximate surface area is 272 Å². The summed E-state index contributed by atoms with van der Waals surface area (Å²) in [5.74, 6) is -2.06. The highest BCUT2D eigenvalue weighted by Gasteiger charge is 2.33. The number of primary amides is 1. The second-order valence-electron chi connectivity index (χ2n) is 11.7. The first-order chi connectivity index (χ1) is 20.7. The second-order valence-corrected chi connectivity index (χ2v) is 11.7. The fourth-order valence-electron chi connectivity index (χ4n) is 5.18. The summed E-state index contributed by atoms with van der Waals surface area (Å²) in [5.41, 5.74) is 6.55. The quantitative estimate of drug-likeness (QED) is 0.237. The fraction of sp³-hybridized carbons (Fsp3) is 0.562. The third-order valence-electron chi connectivity index (χ3n) is 7.65. The molecule has 13 heteroatoms. The molecule has 5 N–H and O–H groups in total. The van der Waals surface area contributed by atoms with Crippen LogP contribution in [0.5, 0.6) is 0 Å². The van der Waals surface area contributed by atoms with Gasteiger partial charge in [-0.1, -0.05) is 38.2 Å². The lowest BCUT2D eigenvalue weighted by molar-refractivity contribution is -0.120. The SMILES string of the molecule is CO[C@H]1C=C/C=C(/C)C(=O)NC2=CC(=O)C(NCCN(C)C)=C(C[C@@H](C)C[C@H](OC)[C@H](O)[C@@H](C)/C=C(\C)[C@@H]1OC(N)=O)C2=O.Cl. The van der Waals surface area contributed by atoms with Gasteiger partial charge in [0, 0.05) is 50.4 Å².